The van der Waals surface area contributed by atoms with Crippen molar-refractivity contribution in [3.05, 3.63) is 80.8 Å². The van der Waals surface area contributed by atoms with E-state index in [1.165, 1.54) is 23.5 Å². The maximum absolute atomic E-state index is 13.3. The summed E-state index contributed by atoms with van der Waals surface area (Å²) in [6.07, 6.45) is 2.21. The van der Waals surface area contributed by atoms with Crippen LogP contribution >= 0.6 is 35.2 Å². The van der Waals surface area contributed by atoms with Crippen molar-refractivity contribution in [2.45, 2.75) is 13.0 Å². The molecular weight excluding hydrogens is 445 g/mol. The van der Waals surface area contributed by atoms with Gasteiger partial charge in [-0.25, -0.2) is 9.37 Å². The second kappa shape index (κ2) is 8.86. The van der Waals surface area contributed by atoms with Crippen LogP contribution in [-0.4, -0.2) is 25.7 Å². The fourth-order valence-electron chi connectivity index (χ4n) is 2.88. The van der Waals surface area contributed by atoms with E-state index in [9.17, 15) is 9.18 Å². The maximum Gasteiger partial charge on any atom is 0.246 e. The van der Waals surface area contributed by atoms with E-state index in [2.05, 4.69) is 20.5 Å². The van der Waals surface area contributed by atoms with Crippen molar-refractivity contribution >= 4 is 46.2 Å². The first-order valence-electron chi connectivity index (χ1n) is 8.88. The highest BCUT2D eigenvalue weighted by Crippen LogP contribution is 2.23. The molecule has 152 valence electrons. The van der Waals surface area contributed by atoms with E-state index in [0.29, 0.717) is 27.2 Å². The van der Waals surface area contributed by atoms with Gasteiger partial charge in [0.25, 0.3) is 0 Å². The third kappa shape index (κ3) is 4.81. The highest BCUT2D eigenvalue weighted by atomic mass is 35.5. The highest BCUT2D eigenvalue weighted by Gasteiger charge is 2.14. The SMILES string of the molecule is O=C(Cn1c(-c2ccc(Cl)cc2)n[nH]c1=S)Nc1ncc(Cc2cccc(F)c2)s1. The summed E-state index contributed by atoms with van der Waals surface area (Å²) in [5, 5.41) is 10.8. The van der Waals surface area contributed by atoms with Crippen LogP contribution in [0.1, 0.15) is 10.4 Å². The number of carbonyl (C=O) groups is 1. The molecular formula is C20H15ClFN5OS2. The van der Waals surface area contributed by atoms with E-state index in [1.807, 2.05) is 6.07 Å². The third-order valence-electron chi connectivity index (χ3n) is 4.23. The van der Waals surface area contributed by atoms with Gasteiger partial charge in [0.15, 0.2) is 15.7 Å². The number of anilines is 1. The second-order valence-electron chi connectivity index (χ2n) is 6.43. The molecule has 0 spiro atoms. The molecule has 2 heterocycles. The molecule has 1 amide bonds. The number of H-pyrrole nitrogens is 1. The molecule has 6 nitrogen and oxygen atoms in total. The lowest BCUT2D eigenvalue weighted by molar-refractivity contribution is -0.116. The molecule has 0 aliphatic heterocycles. The predicted octanol–water partition coefficient (Wildman–Crippen LogP) is 5.09. The summed E-state index contributed by atoms with van der Waals surface area (Å²) in [4.78, 5) is 17.7. The van der Waals surface area contributed by atoms with E-state index in [-0.39, 0.29) is 18.3 Å². The Labute approximate surface area is 185 Å². The van der Waals surface area contributed by atoms with Gasteiger partial charge in [0.1, 0.15) is 12.4 Å². The number of thiazole rings is 1. The van der Waals surface area contributed by atoms with Gasteiger partial charge >= 0.3 is 0 Å². The molecule has 30 heavy (non-hydrogen) atoms. The number of rotatable bonds is 6. The number of hydrogen-bond donors (Lipinski definition) is 2. The van der Waals surface area contributed by atoms with Crippen molar-refractivity contribution < 1.29 is 9.18 Å². The zero-order chi connectivity index (χ0) is 21.1. The summed E-state index contributed by atoms with van der Waals surface area (Å²) in [6, 6.07) is 13.5. The van der Waals surface area contributed by atoms with Gasteiger partial charge in [-0.3, -0.25) is 14.5 Å². The van der Waals surface area contributed by atoms with Crippen molar-refractivity contribution in [1.82, 2.24) is 19.7 Å². The van der Waals surface area contributed by atoms with Gasteiger partial charge in [-0.05, 0) is 54.2 Å². The summed E-state index contributed by atoms with van der Waals surface area (Å²) in [7, 11) is 0. The largest absolute Gasteiger partial charge is 0.300 e. The lowest BCUT2D eigenvalue weighted by Crippen LogP contribution is -2.19. The Morgan fingerprint density at radius 3 is 2.83 bits per heavy atom. The monoisotopic (exact) mass is 459 g/mol. The smallest absolute Gasteiger partial charge is 0.246 e. The number of benzene rings is 2. The van der Waals surface area contributed by atoms with E-state index >= 15 is 0 Å². The number of aromatic nitrogens is 4. The summed E-state index contributed by atoms with van der Waals surface area (Å²) in [5.41, 5.74) is 1.63. The topological polar surface area (TPSA) is 75.6 Å². The van der Waals surface area contributed by atoms with Crippen LogP contribution in [0.2, 0.25) is 5.02 Å². The molecule has 0 bridgehead atoms. The van der Waals surface area contributed by atoms with Crippen molar-refractivity contribution in [1.29, 1.82) is 0 Å². The van der Waals surface area contributed by atoms with Crippen molar-refractivity contribution in [3.63, 3.8) is 0 Å². The average molecular weight is 460 g/mol. The number of carbonyl (C=O) groups excluding carboxylic acids is 1. The number of nitrogens with one attached hydrogen (secondary N) is 2. The van der Waals surface area contributed by atoms with Gasteiger partial charge in [0.2, 0.25) is 5.91 Å². The molecule has 2 aromatic carbocycles. The minimum absolute atomic E-state index is 0.0217. The van der Waals surface area contributed by atoms with Crippen molar-refractivity contribution in [2.24, 2.45) is 0 Å². The molecule has 0 aliphatic carbocycles. The number of hydrogen-bond acceptors (Lipinski definition) is 5. The predicted molar refractivity (Wildman–Crippen MR) is 118 cm³/mol. The molecule has 0 unspecified atom stereocenters. The van der Waals surface area contributed by atoms with Crippen molar-refractivity contribution in [3.8, 4) is 11.4 Å². The van der Waals surface area contributed by atoms with Gasteiger partial charge in [-0.1, -0.05) is 23.7 Å². The zero-order valence-corrected chi connectivity index (χ0v) is 17.8. The maximum atomic E-state index is 13.3. The van der Waals surface area contributed by atoms with E-state index < -0.39 is 0 Å². The molecule has 4 rings (SSSR count). The lowest BCUT2D eigenvalue weighted by Gasteiger charge is -2.07. The third-order valence-corrected chi connectivity index (χ3v) is 5.71. The first kappa shape index (κ1) is 20.4. The quantitative estimate of drug-likeness (QED) is 0.394. The number of aromatic amines is 1. The zero-order valence-electron chi connectivity index (χ0n) is 15.4. The van der Waals surface area contributed by atoms with Gasteiger partial charge < -0.3 is 5.32 Å². The van der Waals surface area contributed by atoms with Crippen LogP contribution in [0, 0.1) is 10.6 Å². The molecule has 2 N–H and O–H groups in total. The number of nitrogens with zero attached hydrogens (tertiary/aromatic N) is 3. The van der Waals surface area contributed by atoms with Crippen LogP contribution in [0.5, 0.6) is 0 Å². The fraction of sp³-hybridized carbons (Fsp3) is 0.100. The molecule has 4 aromatic rings. The van der Waals surface area contributed by atoms with Crippen LogP contribution in [0.3, 0.4) is 0 Å². The number of amides is 1. The lowest BCUT2D eigenvalue weighted by atomic mass is 10.1. The Balaban J connectivity index is 1.45. The summed E-state index contributed by atoms with van der Waals surface area (Å²) >= 11 is 12.5. The first-order valence-corrected chi connectivity index (χ1v) is 10.5. The van der Waals surface area contributed by atoms with Gasteiger partial charge in [-0.15, -0.1) is 11.3 Å². The van der Waals surface area contributed by atoms with Crippen molar-refractivity contribution in [2.75, 3.05) is 5.32 Å². The Morgan fingerprint density at radius 2 is 2.07 bits per heavy atom. The molecule has 0 radical (unpaired) electrons. The minimum Gasteiger partial charge on any atom is -0.300 e. The van der Waals surface area contributed by atoms with E-state index in [0.717, 1.165) is 16.0 Å². The molecule has 0 saturated carbocycles. The molecule has 0 saturated heterocycles. The summed E-state index contributed by atoms with van der Waals surface area (Å²) < 4.78 is 15.3. The minimum atomic E-state index is -0.283. The Morgan fingerprint density at radius 1 is 1.27 bits per heavy atom. The van der Waals surface area contributed by atoms with Gasteiger partial charge in [-0.2, -0.15) is 5.10 Å². The molecule has 2 aromatic heterocycles. The molecule has 10 heteroatoms. The Hall–Kier alpha value is -2.88. The van der Waals surface area contributed by atoms with Crippen LogP contribution in [0.15, 0.2) is 54.7 Å². The van der Waals surface area contributed by atoms with Gasteiger partial charge in [0.05, 0.1) is 0 Å². The van der Waals surface area contributed by atoms with Gasteiger partial charge in [0, 0.05) is 28.1 Å². The average Bonchev–Trinajstić information content (AvgIpc) is 3.29. The fourth-order valence-corrected chi connectivity index (χ4v) is 4.07. The standard InChI is InChI=1S/C20H15ClFN5OS2/c21-14-6-4-13(5-7-14)18-25-26-20(29)27(18)11-17(28)24-19-23-10-16(30-19)9-12-2-1-3-15(22)8-12/h1-8,10H,9,11H2,(H,26,29)(H,23,24,28). The Bertz CT molecular complexity index is 1250. The van der Waals surface area contributed by atoms with E-state index in [4.69, 9.17) is 23.8 Å². The summed E-state index contributed by atoms with van der Waals surface area (Å²) in [5.74, 6) is -0.0222. The molecule has 0 fully saturated rings. The molecule has 0 aliphatic rings. The first-order chi connectivity index (χ1) is 14.5. The summed E-state index contributed by atoms with van der Waals surface area (Å²) in [6.45, 7) is -0.0217. The highest BCUT2D eigenvalue weighted by molar-refractivity contribution is 7.71. The second-order valence-corrected chi connectivity index (χ2v) is 8.37. The molecule has 0 atom stereocenters. The van der Waals surface area contributed by atoms with Crippen LogP contribution in [-0.2, 0) is 17.8 Å². The normalized spacial score (nSPS) is 10.9. The Kier molecular flexibility index (Phi) is 6.03. The van der Waals surface area contributed by atoms with Crippen LogP contribution in [0.25, 0.3) is 11.4 Å². The van der Waals surface area contributed by atoms with Crippen LogP contribution < -0.4 is 5.32 Å². The number of halogens is 2. The van der Waals surface area contributed by atoms with Crippen LogP contribution in [0.4, 0.5) is 9.52 Å². The van der Waals surface area contributed by atoms with E-state index in [1.54, 1.807) is 41.1 Å².